The molecule has 4 heteroatoms. The SMILES string of the molecule is COc1cc(NCc2ccc3cc[nH]c3c2)ccc1Cl. The number of aromatic nitrogens is 1. The van der Waals surface area contributed by atoms with Crippen LogP contribution in [-0.2, 0) is 6.54 Å². The van der Waals surface area contributed by atoms with E-state index in [1.165, 1.54) is 10.9 Å². The molecular weight excluding hydrogens is 272 g/mol. The number of benzene rings is 2. The van der Waals surface area contributed by atoms with E-state index in [2.05, 4.69) is 34.6 Å². The predicted molar refractivity (Wildman–Crippen MR) is 83.6 cm³/mol. The first kappa shape index (κ1) is 12.9. The number of ether oxygens (including phenoxy) is 1. The first-order valence-electron chi connectivity index (χ1n) is 6.40. The van der Waals surface area contributed by atoms with Crippen LogP contribution in [0.1, 0.15) is 5.56 Å². The highest BCUT2D eigenvalue weighted by molar-refractivity contribution is 6.32. The summed E-state index contributed by atoms with van der Waals surface area (Å²) < 4.78 is 5.21. The van der Waals surface area contributed by atoms with Crippen LogP contribution in [0, 0.1) is 0 Å². The van der Waals surface area contributed by atoms with Crippen LogP contribution in [0.2, 0.25) is 5.02 Å². The molecule has 0 bridgehead atoms. The second kappa shape index (κ2) is 5.47. The maximum Gasteiger partial charge on any atom is 0.139 e. The molecule has 1 aromatic heterocycles. The summed E-state index contributed by atoms with van der Waals surface area (Å²) in [4.78, 5) is 3.22. The van der Waals surface area contributed by atoms with Crippen molar-refractivity contribution in [1.29, 1.82) is 0 Å². The van der Waals surface area contributed by atoms with Crippen molar-refractivity contribution in [2.75, 3.05) is 12.4 Å². The zero-order valence-corrected chi connectivity index (χ0v) is 11.9. The lowest BCUT2D eigenvalue weighted by atomic mass is 10.1. The van der Waals surface area contributed by atoms with Gasteiger partial charge in [0.2, 0.25) is 0 Å². The van der Waals surface area contributed by atoms with Gasteiger partial charge in [0.05, 0.1) is 12.1 Å². The first-order valence-corrected chi connectivity index (χ1v) is 6.77. The quantitative estimate of drug-likeness (QED) is 0.744. The molecule has 0 saturated carbocycles. The zero-order chi connectivity index (χ0) is 13.9. The van der Waals surface area contributed by atoms with Gasteiger partial charge >= 0.3 is 0 Å². The second-order valence-electron chi connectivity index (χ2n) is 4.60. The van der Waals surface area contributed by atoms with E-state index in [0.717, 1.165) is 17.7 Å². The molecule has 102 valence electrons. The van der Waals surface area contributed by atoms with Gasteiger partial charge < -0.3 is 15.0 Å². The van der Waals surface area contributed by atoms with Gasteiger partial charge in [-0.1, -0.05) is 23.7 Å². The number of H-pyrrole nitrogens is 1. The molecule has 1 heterocycles. The number of halogens is 1. The highest BCUT2D eigenvalue weighted by Crippen LogP contribution is 2.27. The third-order valence-electron chi connectivity index (χ3n) is 3.27. The Morgan fingerprint density at radius 3 is 2.90 bits per heavy atom. The number of nitrogens with one attached hydrogen (secondary N) is 2. The fourth-order valence-corrected chi connectivity index (χ4v) is 2.37. The minimum absolute atomic E-state index is 0.617. The Morgan fingerprint density at radius 1 is 1.15 bits per heavy atom. The Hall–Kier alpha value is -2.13. The Morgan fingerprint density at radius 2 is 2.05 bits per heavy atom. The van der Waals surface area contributed by atoms with Crippen LogP contribution in [0.4, 0.5) is 5.69 Å². The molecule has 0 saturated heterocycles. The van der Waals surface area contributed by atoms with E-state index in [0.29, 0.717) is 10.8 Å². The van der Waals surface area contributed by atoms with Gasteiger partial charge in [-0.15, -0.1) is 0 Å². The Bertz CT molecular complexity index is 736. The molecule has 20 heavy (non-hydrogen) atoms. The minimum Gasteiger partial charge on any atom is -0.495 e. The number of fused-ring (bicyclic) bond motifs is 1. The summed E-state index contributed by atoms with van der Waals surface area (Å²) >= 11 is 6.01. The maximum atomic E-state index is 6.01. The smallest absolute Gasteiger partial charge is 0.139 e. The first-order chi connectivity index (χ1) is 9.76. The molecule has 0 atom stereocenters. The molecule has 0 fully saturated rings. The van der Waals surface area contributed by atoms with Crippen molar-refractivity contribution in [2.24, 2.45) is 0 Å². The third-order valence-corrected chi connectivity index (χ3v) is 3.58. The number of hydrogen-bond acceptors (Lipinski definition) is 2. The molecule has 3 nitrogen and oxygen atoms in total. The number of methoxy groups -OCH3 is 1. The number of hydrogen-bond donors (Lipinski definition) is 2. The Balaban J connectivity index is 1.75. The normalized spacial score (nSPS) is 10.7. The average Bonchev–Trinajstić information content (AvgIpc) is 2.94. The number of rotatable bonds is 4. The molecule has 3 rings (SSSR count). The van der Waals surface area contributed by atoms with Gasteiger partial charge in [-0.05, 0) is 35.2 Å². The second-order valence-corrected chi connectivity index (χ2v) is 5.01. The van der Waals surface area contributed by atoms with Crippen molar-refractivity contribution < 1.29 is 4.74 Å². The number of aromatic amines is 1. The molecule has 0 spiro atoms. The third kappa shape index (κ3) is 2.58. The van der Waals surface area contributed by atoms with Crippen molar-refractivity contribution in [3.63, 3.8) is 0 Å². The van der Waals surface area contributed by atoms with E-state index >= 15 is 0 Å². The van der Waals surface area contributed by atoms with E-state index in [4.69, 9.17) is 16.3 Å². The van der Waals surface area contributed by atoms with Crippen LogP contribution < -0.4 is 10.1 Å². The van der Waals surface area contributed by atoms with Gasteiger partial charge in [0.1, 0.15) is 5.75 Å². The predicted octanol–water partition coefficient (Wildman–Crippen LogP) is 4.44. The largest absolute Gasteiger partial charge is 0.495 e. The van der Waals surface area contributed by atoms with Crippen LogP contribution in [0.15, 0.2) is 48.7 Å². The van der Waals surface area contributed by atoms with Crippen molar-refractivity contribution in [2.45, 2.75) is 6.54 Å². The van der Waals surface area contributed by atoms with Crippen LogP contribution >= 0.6 is 11.6 Å². The lowest BCUT2D eigenvalue weighted by Gasteiger charge is -2.09. The number of anilines is 1. The molecule has 0 aliphatic heterocycles. The maximum absolute atomic E-state index is 6.01. The zero-order valence-electron chi connectivity index (χ0n) is 11.1. The summed E-state index contributed by atoms with van der Waals surface area (Å²) in [5, 5.41) is 5.21. The summed E-state index contributed by atoms with van der Waals surface area (Å²) in [6, 6.07) is 14.1. The highest BCUT2D eigenvalue weighted by Gasteiger charge is 2.02. The Kier molecular flexibility index (Phi) is 3.52. The van der Waals surface area contributed by atoms with Crippen LogP contribution in [0.25, 0.3) is 10.9 Å². The van der Waals surface area contributed by atoms with E-state index in [-0.39, 0.29) is 0 Å². The topological polar surface area (TPSA) is 37.0 Å². The summed E-state index contributed by atoms with van der Waals surface area (Å²) in [7, 11) is 1.62. The molecule has 2 aromatic carbocycles. The van der Waals surface area contributed by atoms with Gasteiger partial charge in [0.25, 0.3) is 0 Å². The van der Waals surface area contributed by atoms with Gasteiger partial charge in [-0.25, -0.2) is 0 Å². The summed E-state index contributed by atoms with van der Waals surface area (Å²) in [6.07, 6.45) is 1.95. The average molecular weight is 287 g/mol. The highest BCUT2D eigenvalue weighted by atomic mass is 35.5. The van der Waals surface area contributed by atoms with Crippen molar-refractivity contribution >= 4 is 28.2 Å². The van der Waals surface area contributed by atoms with E-state index in [1.807, 2.05) is 24.4 Å². The molecular formula is C16H15ClN2O. The lowest BCUT2D eigenvalue weighted by molar-refractivity contribution is 0.415. The van der Waals surface area contributed by atoms with E-state index in [9.17, 15) is 0 Å². The summed E-state index contributed by atoms with van der Waals surface area (Å²) in [5.41, 5.74) is 3.35. The fourth-order valence-electron chi connectivity index (χ4n) is 2.18. The molecule has 0 radical (unpaired) electrons. The van der Waals surface area contributed by atoms with Crippen LogP contribution in [0.5, 0.6) is 5.75 Å². The molecule has 0 aliphatic rings. The molecule has 0 unspecified atom stereocenters. The van der Waals surface area contributed by atoms with Crippen molar-refractivity contribution in [3.8, 4) is 5.75 Å². The van der Waals surface area contributed by atoms with Gasteiger partial charge in [0.15, 0.2) is 0 Å². The summed E-state index contributed by atoms with van der Waals surface area (Å²) in [6.45, 7) is 0.750. The molecule has 3 aromatic rings. The monoisotopic (exact) mass is 286 g/mol. The van der Waals surface area contributed by atoms with E-state index in [1.54, 1.807) is 7.11 Å². The van der Waals surface area contributed by atoms with Crippen molar-refractivity contribution in [3.05, 3.63) is 59.2 Å². The summed E-state index contributed by atoms with van der Waals surface area (Å²) in [5.74, 6) is 0.677. The van der Waals surface area contributed by atoms with Crippen LogP contribution in [0.3, 0.4) is 0 Å². The molecule has 2 N–H and O–H groups in total. The van der Waals surface area contributed by atoms with Gasteiger partial charge in [0, 0.05) is 30.0 Å². The molecule has 0 aliphatic carbocycles. The molecule has 0 amide bonds. The standard InChI is InChI=1S/C16H15ClN2O/c1-20-16-9-13(4-5-14(16)17)19-10-11-2-3-12-6-7-18-15(12)8-11/h2-9,18-19H,10H2,1H3. The Labute approximate surface area is 122 Å². The van der Waals surface area contributed by atoms with Crippen LogP contribution in [-0.4, -0.2) is 12.1 Å². The van der Waals surface area contributed by atoms with E-state index < -0.39 is 0 Å². The lowest BCUT2D eigenvalue weighted by Crippen LogP contribution is -1.99. The van der Waals surface area contributed by atoms with Gasteiger partial charge in [-0.2, -0.15) is 0 Å². The van der Waals surface area contributed by atoms with Gasteiger partial charge in [-0.3, -0.25) is 0 Å². The van der Waals surface area contributed by atoms with Crippen molar-refractivity contribution in [1.82, 2.24) is 4.98 Å². The fraction of sp³-hybridized carbons (Fsp3) is 0.125. The minimum atomic E-state index is 0.617.